The maximum Gasteiger partial charge on any atom is 0.410 e. The molecular weight excluding hydrogens is 354 g/mol. The molecule has 0 saturated carbocycles. The summed E-state index contributed by atoms with van der Waals surface area (Å²) in [4.78, 5) is 18.7. The number of aromatic nitrogens is 2. The average molecular weight is 379 g/mol. The first-order valence-corrected chi connectivity index (χ1v) is 9.70. The highest BCUT2D eigenvalue weighted by Gasteiger charge is 2.31. The molecule has 1 aliphatic rings. The number of rotatable bonds is 2. The van der Waals surface area contributed by atoms with E-state index in [0.29, 0.717) is 24.8 Å². The van der Waals surface area contributed by atoms with Crippen LogP contribution in [0.3, 0.4) is 0 Å². The summed E-state index contributed by atoms with van der Waals surface area (Å²) in [5, 5.41) is 6.49. The van der Waals surface area contributed by atoms with Crippen LogP contribution in [0.4, 0.5) is 4.79 Å². The fourth-order valence-electron chi connectivity index (χ4n) is 3.52. The molecule has 146 valence electrons. The van der Waals surface area contributed by atoms with Crippen LogP contribution in [0.15, 0.2) is 47.0 Å². The Hall–Kier alpha value is -2.89. The van der Waals surface area contributed by atoms with Gasteiger partial charge in [-0.25, -0.2) is 4.79 Å². The largest absolute Gasteiger partial charge is 0.444 e. The lowest BCUT2D eigenvalue weighted by atomic mass is 9.98. The first-order chi connectivity index (χ1) is 13.4. The minimum Gasteiger partial charge on any atom is -0.444 e. The summed E-state index contributed by atoms with van der Waals surface area (Å²) in [6, 6.07) is 14.3. The molecule has 1 saturated heterocycles. The van der Waals surface area contributed by atoms with E-state index in [1.165, 1.54) is 5.39 Å². The zero-order chi connectivity index (χ0) is 19.7. The molecule has 0 radical (unpaired) electrons. The number of carbonyl (C=O) groups is 1. The standard InChI is InChI=1S/C22H25N3O3/c1-22(2,3)27-21(26)25-12-6-9-18(14-25)20-23-19(24-28-20)17-11-10-15-7-4-5-8-16(15)13-17/h4-5,7-8,10-11,13,18H,6,9,12,14H2,1-3H3/t18-/m0/s1. The minimum atomic E-state index is -0.502. The highest BCUT2D eigenvalue weighted by molar-refractivity contribution is 5.86. The number of amides is 1. The third kappa shape index (κ3) is 4.01. The second-order valence-electron chi connectivity index (χ2n) is 8.28. The summed E-state index contributed by atoms with van der Waals surface area (Å²) in [7, 11) is 0. The summed E-state index contributed by atoms with van der Waals surface area (Å²) < 4.78 is 11.1. The number of hydrogen-bond donors (Lipinski definition) is 0. The van der Waals surface area contributed by atoms with E-state index in [1.54, 1.807) is 4.90 Å². The molecule has 1 aromatic heterocycles. The lowest BCUT2D eigenvalue weighted by Gasteiger charge is -2.32. The van der Waals surface area contributed by atoms with Crippen LogP contribution in [-0.4, -0.2) is 39.8 Å². The van der Waals surface area contributed by atoms with Crippen LogP contribution in [0.1, 0.15) is 45.4 Å². The van der Waals surface area contributed by atoms with Gasteiger partial charge in [0.15, 0.2) is 0 Å². The Morgan fingerprint density at radius 3 is 2.75 bits per heavy atom. The van der Waals surface area contributed by atoms with Crippen molar-refractivity contribution in [2.24, 2.45) is 0 Å². The molecule has 0 N–H and O–H groups in total. The Kier molecular flexibility index (Phi) is 4.79. The zero-order valence-electron chi connectivity index (χ0n) is 16.5. The van der Waals surface area contributed by atoms with Gasteiger partial charge in [0.05, 0.1) is 5.92 Å². The van der Waals surface area contributed by atoms with E-state index in [9.17, 15) is 4.79 Å². The van der Waals surface area contributed by atoms with E-state index in [2.05, 4.69) is 34.4 Å². The highest BCUT2D eigenvalue weighted by Crippen LogP contribution is 2.29. The molecule has 1 atom stereocenters. The van der Waals surface area contributed by atoms with Crippen LogP contribution in [0.5, 0.6) is 0 Å². The quantitative estimate of drug-likeness (QED) is 0.626. The zero-order valence-corrected chi connectivity index (χ0v) is 16.5. The molecule has 3 aromatic rings. The lowest BCUT2D eigenvalue weighted by Crippen LogP contribution is -2.42. The minimum absolute atomic E-state index is 0.0305. The summed E-state index contributed by atoms with van der Waals surface area (Å²) in [5.41, 5.74) is 0.422. The van der Waals surface area contributed by atoms with Crippen molar-refractivity contribution >= 4 is 16.9 Å². The maximum absolute atomic E-state index is 12.4. The number of benzene rings is 2. The smallest absolute Gasteiger partial charge is 0.410 e. The lowest BCUT2D eigenvalue weighted by molar-refractivity contribution is 0.0189. The molecule has 1 fully saturated rings. The topological polar surface area (TPSA) is 68.5 Å². The van der Waals surface area contributed by atoms with Gasteiger partial charge >= 0.3 is 6.09 Å². The molecular formula is C22H25N3O3. The number of hydrogen-bond acceptors (Lipinski definition) is 5. The van der Waals surface area contributed by atoms with Crippen LogP contribution in [0, 0.1) is 0 Å². The Morgan fingerprint density at radius 2 is 1.96 bits per heavy atom. The van der Waals surface area contributed by atoms with E-state index in [4.69, 9.17) is 9.26 Å². The number of nitrogens with zero attached hydrogens (tertiary/aromatic N) is 3. The molecule has 6 heteroatoms. The Labute approximate surface area is 164 Å². The number of carbonyl (C=O) groups excluding carboxylic acids is 1. The second-order valence-corrected chi connectivity index (χ2v) is 8.28. The van der Waals surface area contributed by atoms with Gasteiger partial charge in [0.1, 0.15) is 5.60 Å². The van der Waals surface area contributed by atoms with Crippen molar-refractivity contribution in [2.75, 3.05) is 13.1 Å². The fraction of sp³-hybridized carbons (Fsp3) is 0.409. The molecule has 1 amide bonds. The first-order valence-electron chi connectivity index (χ1n) is 9.70. The molecule has 6 nitrogen and oxygen atoms in total. The van der Waals surface area contributed by atoms with E-state index < -0.39 is 5.60 Å². The van der Waals surface area contributed by atoms with Crippen LogP contribution in [0.2, 0.25) is 0 Å². The van der Waals surface area contributed by atoms with Crippen molar-refractivity contribution < 1.29 is 14.1 Å². The monoisotopic (exact) mass is 379 g/mol. The van der Waals surface area contributed by atoms with Gasteiger partial charge in [0.25, 0.3) is 0 Å². The Morgan fingerprint density at radius 1 is 1.18 bits per heavy atom. The van der Waals surface area contributed by atoms with Crippen LogP contribution < -0.4 is 0 Å². The number of fused-ring (bicyclic) bond motifs is 1. The van der Waals surface area contributed by atoms with Crippen molar-refractivity contribution in [3.63, 3.8) is 0 Å². The highest BCUT2D eigenvalue weighted by atomic mass is 16.6. The third-order valence-electron chi connectivity index (χ3n) is 4.87. The van der Waals surface area contributed by atoms with Gasteiger partial charge in [-0.15, -0.1) is 0 Å². The van der Waals surface area contributed by atoms with Crippen LogP contribution >= 0.6 is 0 Å². The van der Waals surface area contributed by atoms with Gasteiger partial charge in [-0.3, -0.25) is 0 Å². The fourth-order valence-corrected chi connectivity index (χ4v) is 3.52. The number of ether oxygens (including phenoxy) is 1. The molecule has 0 bridgehead atoms. The summed E-state index contributed by atoms with van der Waals surface area (Å²) in [6.07, 6.45) is 1.52. The van der Waals surface area contributed by atoms with Gasteiger partial charge in [-0.2, -0.15) is 4.98 Å². The molecule has 4 rings (SSSR count). The van der Waals surface area contributed by atoms with Gasteiger partial charge in [0, 0.05) is 18.7 Å². The van der Waals surface area contributed by atoms with Crippen molar-refractivity contribution in [1.29, 1.82) is 0 Å². The third-order valence-corrected chi connectivity index (χ3v) is 4.87. The van der Waals surface area contributed by atoms with Crippen molar-refractivity contribution in [1.82, 2.24) is 15.0 Å². The van der Waals surface area contributed by atoms with E-state index in [1.807, 2.05) is 39.0 Å². The van der Waals surface area contributed by atoms with Crippen molar-refractivity contribution in [3.05, 3.63) is 48.4 Å². The summed E-state index contributed by atoms with van der Waals surface area (Å²) >= 11 is 0. The SMILES string of the molecule is CC(C)(C)OC(=O)N1CCC[C@H](c2nc(-c3ccc4ccccc4c3)no2)C1. The van der Waals surface area contributed by atoms with E-state index in [0.717, 1.165) is 23.8 Å². The molecule has 2 heterocycles. The van der Waals surface area contributed by atoms with E-state index >= 15 is 0 Å². The summed E-state index contributed by atoms with van der Waals surface area (Å²) in [6.45, 7) is 6.85. The molecule has 0 unspecified atom stereocenters. The Balaban J connectivity index is 1.51. The molecule has 1 aliphatic heterocycles. The molecule has 0 spiro atoms. The maximum atomic E-state index is 12.4. The predicted molar refractivity (Wildman–Crippen MR) is 107 cm³/mol. The second kappa shape index (κ2) is 7.26. The van der Waals surface area contributed by atoms with Crippen LogP contribution in [-0.2, 0) is 4.74 Å². The van der Waals surface area contributed by atoms with Gasteiger partial charge in [-0.1, -0.05) is 41.6 Å². The van der Waals surface area contributed by atoms with Gasteiger partial charge in [0.2, 0.25) is 11.7 Å². The van der Waals surface area contributed by atoms with E-state index in [-0.39, 0.29) is 12.0 Å². The van der Waals surface area contributed by atoms with Crippen molar-refractivity contribution in [2.45, 2.75) is 45.1 Å². The average Bonchev–Trinajstić information content (AvgIpc) is 3.17. The van der Waals surface area contributed by atoms with Gasteiger partial charge in [-0.05, 0) is 50.5 Å². The normalized spacial score (nSPS) is 17.7. The molecule has 0 aliphatic carbocycles. The predicted octanol–water partition coefficient (Wildman–Crippen LogP) is 5.00. The van der Waals surface area contributed by atoms with Crippen molar-refractivity contribution in [3.8, 4) is 11.4 Å². The number of piperidine rings is 1. The Bertz CT molecular complexity index is 990. The van der Waals surface area contributed by atoms with Crippen LogP contribution in [0.25, 0.3) is 22.2 Å². The molecule has 2 aromatic carbocycles. The summed E-state index contributed by atoms with van der Waals surface area (Å²) in [5.74, 6) is 1.19. The number of likely N-dealkylation sites (tertiary alicyclic amines) is 1. The molecule has 28 heavy (non-hydrogen) atoms. The first kappa shape index (κ1) is 18.5. The van der Waals surface area contributed by atoms with Gasteiger partial charge < -0.3 is 14.2 Å².